The molecule has 0 bridgehead atoms. The van der Waals surface area contributed by atoms with Gasteiger partial charge in [0, 0.05) is 11.9 Å². The summed E-state index contributed by atoms with van der Waals surface area (Å²) >= 11 is 0. The molecule has 0 saturated heterocycles. The van der Waals surface area contributed by atoms with Gasteiger partial charge in [-0.15, -0.1) is 0 Å². The summed E-state index contributed by atoms with van der Waals surface area (Å²) in [6.45, 7) is 4.09. The van der Waals surface area contributed by atoms with E-state index in [0.717, 1.165) is 16.8 Å². The number of aryl methyl sites for hydroxylation is 2. The van der Waals surface area contributed by atoms with Crippen LogP contribution in [0.1, 0.15) is 11.1 Å². The summed E-state index contributed by atoms with van der Waals surface area (Å²) in [5, 5.41) is 6.87. The van der Waals surface area contributed by atoms with E-state index < -0.39 is 0 Å². The van der Waals surface area contributed by atoms with Crippen molar-refractivity contribution < 1.29 is 4.79 Å². The molecule has 0 aliphatic rings. The molecular formula is C13H16N4O. The Bertz CT molecular complexity index is 554. The first-order valence-electron chi connectivity index (χ1n) is 5.70. The van der Waals surface area contributed by atoms with Crippen molar-refractivity contribution in [1.82, 2.24) is 9.78 Å². The van der Waals surface area contributed by atoms with Crippen molar-refractivity contribution in [3.05, 3.63) is 41.7 Å². The van der Waals surface area contributed by atoms with Gasteiger partial charge < -0.3 is 11.1 Å². The number of hydrogen-bond donors (Lipinski definition) is 2. The van der Waals surface area contributed by atoms with E-state index in [4.69, 9.17) is 5.73 Å². The van der Waals surface area contributed by atoms with Gasteiger partial charge >= 0.3 is 0 Å². The molecule has 94 valence electrons. The summed E-state index contributed by atoms with van der Waals surface area (Å²) in [7, 11) is 0. The molecule has 0 radical (unpaired) electrons. The van der Waals surface area contributed by atoms with Gasteiger partial charge in [0.15, 0.2) is 0 Å². The smallest absolute Gasteiger partial charge is 0.246 e. The number of carbonyl (C=O) groups is 1. The second-order valence-electron chi connectivity index (χ2n) is 4.29. The average Bonchev–Trinajstić information content (AvgIpc) is 2.69. The van der Waals surface area contributed by atoms with E-state index in [0.29, 0.717) is 5.69 Å². The van der Waals surface area contributed by atoms with Gasteiger partial charge in [-0.2, -0.15) is 5.10 Å². The van der Waals surface area contributed by atoms with Crippen molar-refractivity contribution in [3.63, 3.8) is 0 Å². The SMILES string of the molecule is Cc1cccc(C)c1NC(=O)Cn1cc(N)cn1. The highest BCUT2D eigenvalue weighted by molar-refractivity contribution is 5.92. The third-order valence-corrected chi connectivity index (χ3v) is 2.70. The summed E-state index contributed by atoms with van der Waals surface area (Å²) in [6, 6.07) is 5.90. The number of hydrogen-bond acceptors (Lipinski definition) is 3. The Morgan fingerprint density at radius 3 is 2.61 bits per heavy atom. The lowest BCUT2D eigenvalue weighted by atomic mass is 10.1. The van der Waals surface area contributed by atoms with Gasteiger partial charge in [-0.3, -0.25) is 9.48 Å². The number of nitrogen functional groups attached to an aromatic ring is 1. The number of para-hydroxylation sites is 1. The van der Waals surface area contributed by atoms with Crippen LogP contribution in [0.25, 0.3) is 0 Å². The molecule has 0 atom stereocenters. The fourth-order valence-corrected chi connectivity index (χ4v) is 1.80. The lowest BCUT2D eigenvalue weighted by Gasteiger charge is -2.11. The van der Waals surface area contributed by atoms with Gasteiger partial charge in [0.2, 0.25) is 5.91 Å². The van der Waals surface area contributed by atoms with Crippen molar-refractivity contribution >= 4 is 17.3 Å². The van der Waals surface area contributed by atoms with Gasteiger partial charge in [0.25, 0.3) is 0 Å². The number of nitrogens with two attached hydrogens (primary N) is 1. The topological polar surface area (TPSA) is 72.9 Å². The summed E-state index contributed by atoms with van der Waals surface area (Å²) < 4.78 is 1.51. The Hall–Kier alpha value is -2.30. The van der Waals surface area contributed by atoms with E-state index in [1.807, 2.05) is 32.0 Å². The molecule has 1 aromatic carbocycles. The first-order valence-corrected chi connectivity index (χ1v) is 5.70. The van der Waals surface area contributed by atoms with Crippen molar-refractivity contribution in [2.24, 2.45) is 0 Å². The van der Waals surface area contributed by atoms with Crippen LogP contribution in [0.2, 0.25) is 0 Å². The zero-order valence-electron chi connectivity index (χ0n) is 10.5. The van der Waals surface area contributed by atoms with E-state index in [1.165, 1.54) is 10.9 Å². The second-order valence-corrected chi connectivity index (χ2v) is 4.29. The number of aromatic nitrogens is 2. The molecule has 5 nitrogen and oxygen atoms in total. The molecule has 2 aromatic rings. The Balaban J connectivity index is 2.08. The predicted molar refractivity (Wildman–Crippen MR) is 71.2 cm³/mol. The standard InChI is InChI=1S/C13H16N4O/c1-9-4-3-5-10(2)13(9)16-12(18)8-17-7-11(14)6-15-17/h3-7H,8,14H2,1-2H3,(H,16,18). The number of carbonyl (C=O) groups excluding carboxylic acids is 1. The van der Waals surface area contributed by atoms with E-state index in [2.05, 4.69) is 10.4 Å². The molecular weight excluding hydrogens is 228 g/mol. The fourth-order valence-electron chi connectivity index (χ4n) is 1.80. The summed E-state index contributed by atoms with van der Waals surface area (Å²) in [5.74, 6) is -0.115. The highest BCUT2D eigenvalue weighted by Gasteiger charge is 2.08. The molecule has 1 heterocycles. The number of anilines is 2. The molecule has 0 spiro atoms. The lowest BCUT2D eigenvalue weighted by Crippen LogP contribution is -2.20. The van der Waals surface area contributed by atoms with Gasteiger partial charge in [-0.1, -0.05) is 18.2 Å². The zero-order chi connectivity index (χ0) is 13.1. The molecule has 0 saturated carbocycles. The highest BCUT2D eigenvalue weighted by Crippen LogP contribution is 2.19. The largest absolute Gasteiger partial charge is 0.396 e. The predicted octanol–water partition coefficient (Wildman–Crippen LogP) is 1.72. The molecule has 18 heavy (non-hydrogen) atoms. The Labute approximate surface area is 106 Å². The van der Waals surface area contributed by atoms with Crippen molar-refractivity contribution in [2.75, 3.05) is 11.1 Å². The molecule has 0 aliphatic heterocycles. The molecule has 2 rings (SSSR count). The zero-order valence-corrected chi connectivity index (χ0v) is 10.5. The number of nitrogens with zero attached hydrogens (tertiary/aromatic N) is 2. The molecule has 1 amide bonds. The maximum Gasteiger partial charge on any atom is 0.246 e. The van der Waals surface area contributed by atoms with Crippen LogP contribution in [-0.4, -0.2) is 15.7 Å². The maximum absolute atomic E-state index is 11.9. The number of rotatable bonds is 3. The number of benzene rings is 1. The van der Waals surface area contributed by atoms with Crippen LogP contribution < -0.4 is 11.1 Å². The van der Waals surface area contributed by atoms with Crippen molar-refractivity contribution in [2.45, 2.75) is 20.4 Å². The summed E-state index contributed by atoms with van der Waals surface area (Å²) in [6.07, 6.45) is 3.15. The lowest BCUT2D eigenvalue weighted by molar-refractivity contribution is -0.116. The fraction of sp³-hybridized carbons (Fsp3) is 0.231. The first kappa shape index (κ1) is 12.2. The third kappa shape index (κ3) is 2.68. The van der Waals surface area contributed by atoms with E-state index in [9.17, 15) is 4.79 Å². The third-order valence-electron chi connectivity index (χ3n) is 2.70. The molecule has 3 N–H and O–H groups in total. The van der Waals surface area contributed by atoms with Gasteiger partial charge in [-0.05, 0) is 25.0 Å². The normalized spacial score (nSPS) is 10.3. The Morgan fingerprint density at radius 2 is 2.06 bits per heavy atom. The van der Waals surface area contributed by atoms with Crippen LogP contribution in [0.5, 0.6) is 0 Å². The van der Waals surface area contributed by atoms with E-state index in [1.54, 1.807) is 6.20 Å². The van der Waals surface area contributed by atoms with Crippen LogP contribution in [-0.2, 0) is 11.3 Å². The van der Waals surface area contributed by atoms with E-state index >= 15 is 0 Å². The van der Waals surface area contributed by atoms with Gasteiger partial charge in [0.1, 0.15) is 6.54 Å². The van der Waals surface area contributed by atoms with Crippen molar-refractivity contribution in [1.29, 1.82) is 0 Å². The molecule has 1 aromatic heterocycles. The summed E-state index contributed by atoms with van der Waals surface area (Å²) in [5.41, 5.74) is 9.04. The maximum atomic E-state index is 11.9. The quantitative estimate of drug-likeness (QED) is 0.863. The second kappa shape index (κ2) is 4.91. The molecule has 0 unspecified atom stereocenters. The van der Waals surface area contributed by atoms with E-state index in [-0.39, 0.29) is 12.5 Å². The highest BCUT2D eigenvalue weighted by atomic mass is 16.2. The van der Waals surface area contributed by atoms with Crippen LogP contribution >= 0.6 is 0 Å². The minimum absolute atomic E-state index is 0.115. The Kier molecular flexibility index (Phi) is 3.32. The Morgan fingerprint density at radius 1 is 1.39 bits per heavy atom. The van der Waals surface area contributed by atoms with Crippen LogP contribution in [0.3, 0.4) is 0 Å². The molecule has 5 heteroatoms. The monoisotopic (exact) mass is 244 g/mol. The summed E-state index contributed by atoms with van der Waals surface area (Å²) in [4.78, 5) is 11.9. The molecule has 0 fully saturated rings. The minimum Gasteiger partial charge on any atom is -0.396 e. The number of nitrogens with one attached hydrogen (secondary N) is 1. The van der Waals surface area contributed by atoms with Crippen LogP contribution in [0.4, 0.5) is 11.4 Å². The average molecular weight is 244 g/mol. The van der Waals surface area contributed by atoms with Crippen molar-refractivity contribution in [3.8, 4) is 0 Å². The first-order chi connectivity index (χ1) is 8.56. The number of amides is 1. The molecule has 0 aliphatic carbocycles. The van der Waals surface area contributed by atoms with Crippen LogP contribution in [0.15, 0.2) is 30.6 Å². The van der Waals surface area contributed by atoms with Gasteiger partial charge in [0.05, 0.1) is 11.9 Å². The van der Waals surface area contributed by atoms with Gasteiger partial charge in [-0.25, -0.2) is 0 Å². The van der Waals surface area contributed by atoms with Crippen LogP contribution in [0, 0.1) is 13.8 Å². The minimum atomic E-state index is -0.115.